The van der Waals surface area contributed by atoms with Crippen LogP contribution in [0.4, 0.5) is 0 Å². The van der Waals surface area contributed by atoms with Crippen LogP contribution in [0, 0.1) is 11.8 Å². The number of aldehydes is 1. The van der Waals surface area contributed by atoms with E-state index in [4.69, 9.17) is 14.6 Å². The predicted octanol–water partition coefficient (Wildman–Crippen LogP) is 1.64. The molecule has 0 aromatic carbocycles. The quantitative estimate of drug-likeness (QED) is 0.509. The van der Waals surface area contributed by atoms with Gasteiger partial charge < -0.3 is 19.4 Å². The zero-order chi connectivity index (χ0) is 13.7. The first-order valence-electron chi connectivity index (χ1n) is 7.11. The molecule has 0 unspecified atom stereocenters. The number of fused-ring (bicyclic) bond motifs is 2. The van der Waals surface area contributed by atoms with Gasteiger partial charge in [-0.25, -0.2) is 4.79 Å². The van der Waals surface area contributed by atoms with Crippen LogP contribution in [0.25, 0.3) is 0 Å². The summed E-state index contributed by atoms with van der Waals surface area (Å²) in [6, 6.07) is 0. The third-order valence-electron chi connectivity index (χ3n) is 4.26. The van der Waals surface area contributed by atoms with Gasteiger partial charge in [-0.1, -0.05) is 6.42 Å². The van der Waals surface area contributed by atoms with Crippen LogP contribution >= 0.6 is 0 Å². The van der Waals surface area contributed by atoms with E-state index in [1.54, 1.807) is 0 Å². The lowest BCUT2D eigenvalue weighted by Crippen LogP contribution is -2.27. The lowest BCUT2D eigenvalue weighted by molar-refractivity contribution is -0.142. The maximum atomic E-state index is 10.7. The number of carbonyl (C=O) groups is 2. The van der Waals surface area contributed by atoms with Crippen LogP contribution in [0.1, 0.15) is 38.5 Å². The van der Waals surface area contributed by atoms with E-state index in [0.29, 0.717) is 37.1 Å². The minimum atomic E-state index is -0.924. The van der Waals surface area contributed by atoms with Gasteiger partial charge in [0.2, 0.25) is 0 Å². The average Bonchev–Trinajstić information content (AvgIpc) is 2.95. The van der Waals surface area contributed by atoms with Crippen LogP contribution in [0.2, 0.25) is 0 Å². The molecule has 0 saturated carbocycles. The fourth-order valence-electron chi connectivity index (χ4n) is 3.45. The number of hydrogen-bond donors (Lipinski definition) is 1. The monoisotopic (exact) mass is 270 g/mol. The minimum absolute atomic E-state index is 0.217. The molecule has 0 spiro atoms. The summed E-state index contributed by atoms with van der Waals surface area (Å²) in [5.41, 5.74) is 0. The van der Waals surface area contributed by atoms with Gasteiger partial charge in [0.25, 0.3) is 0 Å². The molecule has 4 atom stereocenters. The highest BCUT2D eigenvalue weighted by atomic mass is 16.5. The summed E-state index contributed by atoms with van der Waals surface area (Å²) in [7, 11) is 0. The summed E-state index contributed by atoms with van der Waals surface area (Å²) in [6.07, 6.45) is 7.41. The van der Waals surface area contributed by atoms with Crippen molar-refractivity contribution in [1.29, 1.82) is 0 Å². The second-order valence-corrected chi connectivity index (χ2v) is 5.46. The van der Waals surface area contributed by atoms with E-state index in [2.05, 4.69) is 0 Å². The highest BCUT2D eigenvalue weighted by molar-refractivity contribution is 5.67. The summed E-state index contributed by atoms with van der Waals surface area (Å²) in [6.45, 7) is 0.275. The van der Waals surface area contributed by atoms with Crippen molar-refractivity contribution in [2.45, 2.75) is 50.7 Å². The lowest BCUT2D eigenvalue weighted by Gasteiger charge is -2.26. The second kappa shape index (κ2) is 7.01. The number of carboxylic acid groups (broad SMARTS) is 1. The molecule has 2 bridgehead atoms. The first-order chi connectivity index (χ1) is 9.22. The number of hydrogen-bond acceptors (Lipinski definition) is 4. The normalized spacial score (nSPS) is 32.6. The molecule has 2 saturated heterocycles. The Labute approximate surface area is 113 Å². The van der Waals surface area contributed by atoms with Crippen molar-refractivity contribution >= 4 is 12.3 Å². The standard InChI is InChI=1S/C14H22O5/c15-7-6-11-10(12-4-5-13(11)19-12)3-1-2-8-18-9-14(16)17/h7,10-13H,1-6,8-9H2,(H,16,17)/t10-,11+,12-,13+/m0/s1. The van der Waals surface area contributed by atoms with Crippen LogP contribution < -0.4 is 0 Å². The Kier molecular flexibility index (Phi) is 5.34. The van der Waals surface area contributed by atoms with Gasteiger partial charge in [-0.05, 0) is 37.5 Å². The van der Waals surface area contributed by atoms with E-state index < -0.39 is 5.97 Å². The zero-order valence-corrected chi connectivity index (χ0v) is 11.1. The van der Waals surface area contributed by atoms with Crippen molar-refractivity contribution in [2.75, 3.05) is 13.2 Å². The molecule has 1 N–H and O–H groups in total. The molecule has 5 heteroatoms. The van der Waals surface area contributed by atoms with Crippen LogP contribution in [0.5, 0.6) is 0 Å². The highest BCUT2D eigenvalue weighted by Gasteiger charge is 2.47. The average molecular weight is 270 g/mol. The molecular weight excluding hydrogens is 248 g/mol. The zero-order valence-electron chi connectivity index (χ0n) is 11.1. The van der Waals surface area contributed by atoms with Gasteiger partial charge in [-0.3, -0.25) is 0 Å². The molecule has 2 heterocycles. The number of aliphatic carboxylic acids is 1. The Morgan fingerprint density at radius 2 is 2.00 bits per heavy atom. The number of unbranched alkanes of at least 4 members (excludes halogenated alkanes) is 1. The Bertz CT molecular complexity index is 317. The Hall–Kier alpha value is -0.940. The van der Waals surface area contributed by atoms with E-state index in [1.165, 1.54) is 0 Å². The van der Waals surface area contributed by atoms with Crippen LogP contribution in [-0.4, -0.2) is 42.8 Å². The third kappa shape index (κ3) is 3.76. The van der Waals surface area contributed by atoms with Gasteiger partial charge in [0, 0.05) is 13.0 Å². The van der Waals surface area contributed by atoms with Crippen molar-refractivity contribution in [3.8, 4) is 0 Å². The summed E-state index contributed by atoms with van der Waals surface area (Å²) < 4.78 is 10.9. The van der Waals surface area contributed by atoms with Crippen molar-refractivity contribution in [2.24, 2.45) is 11.8 Å². The van der Waals surface area contributed by atoms with Crippen molar-refractivity contribution < 1.29 is 24.2 Å². The first kappa shape index (κ1) is 14.5. The van der Waals surface area contributed by atoms with Crippen LogP contribution in [0.3, 0.4) is 0 Å². The molecule has 0 aromatic rings. The van der Waals surface area contributed by atoms with E-state index in [1.807, 2.05) is 0 Å². The van der Waals surface area contributed by atoms with Crippen molar-refractivity contribution in [3.05, 3.63) is 0 Å². The predicted molar refractivity (Wildman–Crippen MR) is 67.9 cm³/mol. The first-order valence-corrected chi connectivity index (χ1v) is 7.11. The number of ether oxygens (including phenoxy) is 2. The Morgan fingerprint density at radius 3 is 2.68 bits per heavy atom. The highest BCUT2D eigenvalue weighted by Crippen LogP contribution is 2.46. The number of carbonyl (C=O) groups excluding carboxylic acids is 1. The molecule has 0 aromatic heterocycles. The van der Waals surface area contributed by atoms with E-state index in [-0.39, 0.29) is 6.61 Å². The van der Waals surface area contributed by atoms with Gasteiger partial charge in [0.1, 0.15) is 12.9 Å². The largest absolute Gasteiger partial charge is 0.480 e. The maximum absolute atomic E-state index is 10.7. The summed E-state index contributed by atoms with van der Waals surface area (Å²) in [5.74, 6) is -0.0211. The lowest BCUT2D eigenvalue weighted by atomic mass is 9.75. The van der Waals surface area contributed by atoms with Gasteiger partial charge in [-0.15, -0.1) is 0 Å². The molecule has 0 radical (unpaired) electrons. The third-order valence-corrected chi connectivity index (χ3v) is 4.26. The summed E-state index contributed by atoms with van der Waals surface area (Å²) in [4.78, 5) is 21.0. The minimum Gasteiger partial charge on any atom is -0.480 e. The maximum Gasteiger partial charge on any atom is 0.329 e. The summed E-state index contributed by atoms with van der Waals surface area (Å²) in [5, 5.41) is 8.43. The van der Waals surface area contributed by atoms with E-state index in [0.717, 1.165) is 38.4 Å². The van der Waals surface area contributed by atoms with Gasteiger partial charge in [0.15, 0.2) is 0 Å². The molecule has 0 amide bonds. The molecular formula is C14H22O5. The molecule has 5 nitrogen and oxygen atoms in total. The number of rotatable bonds is 9. The van der Waals surface area contributed by atoms with Gasteiger partial charge in [0.05, 0.1) is 12.2 Å². The van der Waals surface area contributed by atoms with Crippen LogP contribution in [-0.2, 0) is 19.1 Å². The Balaban J connectivity index is 1.64. The smallest absolute Gasteiger partial charge is 0.329 e. The molecule has 19 heavy (non-hydrogen) atoms. The van der Waals surface area contributed by atoms with Crippen molar-refractivity contribution in [1.82, 2.24) is 0 Å². The van der Waals surface area contributed by atoms with E-state index in [9.17, 15) is 9.59 Å². The van der Waals surface area contributed by atoms with Crippen LogP contribution in [0.15, 0.2) is 0 Å². The fraction of sp³-hybridized carbons (Fsp3) is 0.857. The molecule has 2 rings (SSSR count). The van der Waals surface area contributed by atoms with Gasteiger partial charge >= 0.3 is 5.97 Å². The molecule has 2 fully saturated rings. The van der Waals surface area contributed by atoms with Crippen molar-refractivity contribution in [3.63, 3.8) is 0 Å². The van der Waals surface area contributed by atoms with E-state index >= 15 is 0 Å². The Morgan fingerprint density at radius 1 is 1.26 bits per heavy atom. The second-order valence-electron chi connectivity index (χ2n) is 5.46. The number of carboxylic acids is 1. The fourth-order valence-corrected chi connectivity index (χ4v) is 3.45. The van der Waals surface area contributed by atoms with Gasteiger partial charge in [-0.2, -0.15) is 0 Å². The molecule has 0 aliphatic carbocycles. The summed E-state index contributed by atoms with van der Waals surface area (Å²) >= 11 is 0. The topological polar surface area (TPSA) is 72.8 Å². The molecule has 2 aliphatic heterocycles. The molecule has 108 valence electrons. The molecule has 2 aliphatic rings. The SMILES string of the molecule is O=CC[C@@H]1[C@H](CCCCOCC(=O)O)[C@@H]2CC[C@H]1O2.